The Morgan fingerprint density at radius 1 is 1.17 bits per heavy atom. The highest BCUT2D eigenvalue weighted by atomic mass is 19.1. The Morgan fingerprint density at radius 3 is 2.53 bits per heavy atom. The summed E-state index contributed by atoms with van der Waals surface area (Å²) < 4.78 is 35.6. The highest BCUT2D eigenvalue weighted by Gasteiger charge is 2.38. The maximum Gasteiger partial charge on any atom is 0.249 e. The van der Waals surface area contributed by atoms with E-state index >= 15 is 0 Å². The zero-order valence-electron chi connectivity index (χ0n) is 21.5. The van der Waals surface area contributed by atoms with Crippen LogP contribution in [0.2, 0.25) is 0 Å². The van der Waals surface area contributed by atoms with E-state index in [1.54, 1.807) is 11.1 Å². The van der Waals surface area contributed by atoms with Crippen molar-refractivity contribution in [1.82, 2.24) is 14.7 Å². The lowest BCUT2D eigenvalue weighted by Gasteiger charge is -2.40. The van der Waals surface area contributed by atoms with Crippen molar-refractivity contribution in [2.75, 3.05) is 26.3 Å². The molecule has 0 radical (unpaired) electrons. The number of hydrogen-bond donors (Lipinski definition) is 1. The van der Waals surface area contributed by atoms with E-state index in [1.165, 1.54) is 4.68 Å². The van der Waals surface area contributed by atoms with Crippen molar-refractivity contribution in [3.63, 3.8) is 0 Å². The number of aromatic nitrogens is 2. The van der Waals surface area contributed by atoms with Gasteiger partial charge in [0.2, 0.25) is 5.91 Å². The van der Waals surface area contributed by atoms with Crippen LogP contribution in [-0.4, -0.2) is 46.9 Å². The first-order valence-electron chi connectivity index (χ1n) is 12.3. The van der Waals surface area contributed by atoms with E-state index in [4.69, 9.17) is 15.6 Å². The molecule has 0 aliphatic rings. The molecule has 3 aromatic rings. The number of halogens is 2. The lowest BCUT2D eigenvalue weighted by molar-refractivity contribution is -0.141. The fourth-order valence-corrected chi connectivity index (χ4v) is 4.35. The average molecular weight is 499 g/mol. The van der Waals surface area contributed by atoms with E-state index in [-0.39, 0.29) is 18.2 Å². The lowest BCUT2D eigenvalue weighted by atomic mass is 9.81. The summed E-state index contributed by atoms with van der Waals surface area (Å²) in [5, 5.41) is 4.78. The molecule has 8 heteroatoms. The molecule has 0 saturated heterocycles. The summed E-state index contributed by atoms with van der Waals surface area (Å²) in [6, 6.07) is 12.7. The van der Waals surface area contributed by atoms with E-state index in [1.807, 2.05) is 58.0 Å². The second kappa shape index (κ2) is 12.2. The minimum absolute atomic E-state index is 0.0115. The maximum absolute atomic E-state index is 14.7. The first-order valence-corrected chi connectivity index (χ1v) is 12.3. The molecular formula is C28H36F2N4O2. The normalized spacial score (nSPS) is 12.5. The molecule has 1 aromatic heterocycles. The zero-order valence-corrected chi connectivity index (χ0v) is 21.5. The van der Waals surface area contributed by atoms with Gasteiger partial charge in [-0.25, -0.2) is 13.5 Å². The molecule has 0 aliphatic heterocycles. The van der Waals surface area contributed by atoms with E-state index in [0.717, 1.165) is 29.3 Å². The molecular weight excluding hydrogens is 462 g/mol. The standard InChI is InChI=1S/C28H36F2N4O2/c1-5-36-19-25(35)33(15-9-14-31)27(28(2,3)4)26-21(16-20-10-7-6-8-11-20)18-34(32-26)24-17-22(29)12-13-23(24)30/h6-8,10-13,17-18,27H,5,9,14-16,19,31H2,1-4H3/t27-/m0/s1. The molecule has 2 aromatic carbocycles. The summed E-state index contributed by atoms with van der Waals surface area (Å²) in [4.78, 5) is 15.1. The summed E-state index contributed by atoms with van der Waals surface area (Å²) >= 11 is 0. The summed E-state index contributed by atoms with van der Waals surface area (Å²) in [7, 11) is 0. The molecule has 0 fully saturated rings. The third-order valence-corrected chi connectivity index (χ3v) is 5.96. The third kappa shape index (κ3) is 6.77. The van der Waals surface area contributed by atoms with Crippen LogP contribution in [0.4, 0.5) is 8.78 Å². The maximum atomic E-state index is 14.7. The van der Waals surface area contributed by atoms with Crippen molar-refractivity contribution in [3.05, 3.63) is 83.2 Å². The number of nitrogens with two attached hydrogens (primary N) is 1. The zero-order chi connectivity index (χ0) is 26.3. The SMILES string of the molecule is CCOCC(=O)N(CCCN)[C@@H](c1nn(-c2cc(F)ccc2F)cc1Cc1ccccc1)C(C)(C)C. The first kappa shape index (κ1) is 27.5. The van der Waals surface area contributed by atoms with Gasteiger partial charge < -0.3 is 15.4 Å². The van der Waals surface area contributed by atoms with Crippen molar-refractivity contribution in [3.8, 4) is 5.69 Å². The van der Waals surface area contributed by atoms with Gasteiger partial charge in [-0.15, -0.1) is 0 Å². The number of carbonyl (C=O) groups is 1. The Balaban J connectivity index is 2.18. The average Bonchev–Trinajstić information content (AvgIpc) is 3.23. The fraction of sp³-hybridized carbons (Fsp3) is 0.429. The molecule has 0 unspecified atom stereocenters. The van der Waals surface area contributed by atoms with Crippen LogP contribution in [0, 0.1) is 17.0 Å². The monoisotopic (exact) mass is 498 g/mol. The number of amides is 1. The number of rotatable bonds is 11. The number of carbonyl (C=O) groups excluding carboxylic acids is 1. The van der Waals surface area contributed by atoms with Crippen LogP contribution in [0.3, 0.4) is 0 Å². The van der Waals surface area contributed by atoms with Gasteiger partial charge in [0.1, 0.15) is 23.9 Å². The minimum atomic E-state index is -0.587. The van der Waals surface area contributed by atoms with Crippen molar-refractivity contribution < 1.29 is 18.3 Å². The van der Waals surface area contributed by atoms with E-state index < -0.39 is 23.1 Å². The molecule has 0 bridgehead atoms. The molecule has 0 saturated carbocycles. The molecule has 1 atom stereocenters. The van der Waals surface area contributed by atoms with Crippen molar-refractivity contribution >= 4 is 5.91 Å². The molecule has 194 valence electrons. The quantitative estimate of drug-likeness (QED) is 0.402. The summed E-state index contributed by atoms with van der Waals surface area (Å²) in [6.07, 6.45) is 2.86. The molecule has 0 aliphatic carbocycles. The third-order valence-electron chi connectivity index (χ3n) is 5.96. The van der Waals surface area contributed by atoms with Crippen LogP contribution < -0.4 is 5.73 Å². The van der Waals surface area contributed by atoms with Gasteiger partial charge in [0.15, 0.2) is 0 Å². The molecule has 0 spiro atoms. The van der Waals surface area contributed by atoms with Crippen LogP contribution in [0.5, 0.6) is 0 Å². The Bertz CT molecular complexity index is 1140. The van der Waals surface area contributed by atoms with Crippen molar-refractivity contribution in [1.29, 1.82) is 0 Å². The Morgan fingerprint density at radius 2 is 1.89 bits per heavy atom. The topological polar surface area (TPSA) is 73.4 Å². The van der Waals surface area contributed by atoms with Gasteiger partial charge in [0.25, 0.3) is 0 Å². The molecule has 36 heavy (non-hydrogen) atoms. The van der Waals surface area contributed by atoms with Gasteiger partial charge in [0, 0.05) is 37.4 Å². The molecule has 6 nitrogen and oxygen atoms in total. The van der Waals surface area contributed by atoms with Gasteiger partial charge in [-0.05, 0) is 43.0 Å². The second-order valence-corrected chi connectivity index (χ2v) is 9.88. The smallest absolute Gasteiger partial charge is 0.249 e. The van der Waals surface area contributed by atoms with E-state index in [2.05, 4.69) is 0 Å². The number of benzene rings is 2. The van der Waals surface area contributed by atoms with Gasteiger partial charge >= 0.3 is 0 Å². The van der Waals surface area contributed by atoms with Crippen LogP contribution in [0.15, 0.2) is 54.7 Å². The predicted octanol–water partition coefficient (Wildman–Crippen LogP) is 5.04. The van der Waals surface area contributed by atoms with Gasteiger partial charge in [-0.1, -0.05) is 51.1 Å². The Kier molecular flexibility index (Phi) is 9.34. The largest absolute Gasteiger partial charge is 0.372 e. The van der Waals surface area contributed by atoms with E-state index in [0.29, 0.717) is 38.2 Å². The Labute approximate surface area is 212 Å². The molecule has 1 heterocycles. The number of ether oxygens (including phenoxy) is 1. The van der Waals surface area contributed by atoms with Gasteiger partial charge in [-0.2, -0.15) is 5.10 Å². The number of hydrogen-bond acceptors (Lipinski definition) is 4. The highest BCUT2D eigenvalue weighted by molar-refractivity contribution is 5.78. The highest BCUT2D eigenvalue weighted by Crippen LogP contribution is 2.40. The lowest BCUT2D eigenvalue weighted by Crippen LogP contribution is -2.44. The summed E-state index contributed by atoms with van der Waals surface area (Å²) in [6.45, 7) is 9.17. The molecule has 2 N–H and O–H groups in total. The van der Waals surface area contributed by atoms with Gasteiger partial charge in [-0.3, -0.25) is 4.79 Å². The fourth-order valence-electron chi connectivity index (χ4n) is 4.35. The second-order valence-electron chi connectivity index (χ2n) is 9.88. The minimum Gasteiger partial charge on any atom is -0.372 e. The first-order chi connectivity index (χ1) is 17.2. The summed E-state index contributed by atoms with van der Waals surface area (Å²) in [5.41, 5.74) is 7.89. The van der Waals surface area contributed by atoms with Crippen LogP contribution in [-0.2, 0) is 16.0 Å². The van der Waals surface area contributed by atoms with E-state index in [9.17, 15) is 13.6 Å². The molecule has 3 rings (SSSR count). The van der Waals surface area contributed by atoms with Crippen molar-refractivity contribution in [2.45, 2.75) is 46.6 Å². The predicted molar refractivity (Wildman–Crippen MR) is 137 cm³/mol. The van der Waals surface area contributed by atoms with Gasteiger partial charge in [0.05, 0.1) is 11.7 Å². The molecule has 1 amide bonds. The number of nitrogens with zero attached hydrogens (tertiary/aromatic N) is 3. The summed E-state index contributed by atoms with van der Waals surface area (Å²) in [5.74, 6) is -1.31. The van der Waals surface area contributed by atoms with Crippen LogP contribution in [0.1, 0.15) is 57.0 Å². The Hall–Kier alpha value is -3.10. The van der Waals surface area contributed by atoms with Crippen LogP contribution >= 0.6 is 0 Å². The van der Waals surface area contributed by atoms with Crippen molar-refractivity contribution in [2.24, 2.45) is 11.1 Å². The van der Waals surface area contributed by atoms with Crippen LogP contribution in [0.25, 0.3) is 5.69 Å².